The van der Waals surface area contributed by atoms with Crippen molar-refractivity contribution in [3.63, 3.8) is 0 Å². The van der Waals surface area contributed by atoms with Gasteiger partial charge in [0.1, 0.15) is 11.9 Å². The van der Waals surface area contributed by atoms with Gasteiger partial charge in [-0.05, 0) is 41.0 Å². The molecule has 0 unspecified atom stereocenters. The molecule has 1 aromatic carbocycles. The number of hydrogen-bond acceptors (Lipinski definition) is 6. The van der Waals surface area contributed by atoms with Gasteiger partial charge in [-0.25, -0.2) is 9.48 Å². The van der Waals surface area contributed by atoms with E-state index in [1.807, 2.05) is 24.3 Å². The van der Waals surface area contributed by atoms with Crippen molar-refractivity contribution in [3.8, 4) is 0 Å². The van der Waals surface area contributed by atoms with E-state index in [1.165, 1.54) is 0 Å². The van der Waals surface area contributed by atoms with Crippen molar-refractivity contribution in [3.05, 3.63) is 41.7 Å². The van der Waals surface area contributed by atoms with E-state index in [2.05, 4.69) is 15.5 Å². The maximum absolute atomic E-state index is 12.9. The van der Waals surface area contributed by atoms with Gasteiger partial charge in [-0.3, -0.25) is 4.79 Å². The van der Waals surface area contributed by atoms with Gasteiger partial charge >= 0.3 is 6.09 Å². The van der Waals surface area contributed by atoms with E-state index >= 15 is 0 Å². The lowest BCUT2D eigenvalue weighted by Crippen LogP contribution is -2.52. The Balaban J connectivity index is 1.44. The molecule has 4 rings (SSSR count). The third-order valence-corrected chi connectivity index (χ3v) is 4.90. The normalized spacial score (nSPS) is 22.7. The number of likely N-dealkylation sites (tertiary alicyclic amines) is 1. The van der Waals surface area contributed by atoms with Crippen molar-refractivity contribution < 1.29 is 14.3 Å². The smallest absolute Gasteiger partial charge is 0.410 e. The van der Waals surface area contributed by atoms with E-state index in [0.29, 0.717) is 31.7 Å². The number of hydrogen-bond donors (Lipinski definition) is 0. The van der Waals surface area contributed by atoms with E-state index in [1.54, 1.807) is 27.9 Å². The van der Waals surface area contributed by atoms with Crippen LogP contribution in [0.3, 0.4) is 0 Å². The van der Waals surface area contributed by atoms with Gasteiger partial charge in [0.05, 0.1) is 19.6 Å². The summed E-state index contributed by atoms with van der Waals surface area (Å²) < 4.78 is 7.19. The Morgan fingerprint density at radius 3 is 2.73 bits per heavy atom. The molecule has 0 radical (unpaired) electrons. The molecule has 9 heteroatoms. The van der Waals surface area contributed by atoms with E-state index in [-0.39, 0.29) is 12.0 Å². The fourth-order valence-electron chi connectivity index (χ4n) is 3.65. The Morgan fingerprint density at radius 2 is 2.08 bits per heavy atom. The Labute approximate surface area is 150 Å². The maximum atomic E-state index is 12.9. The van der Waals surface area contributed by atoms with Crippen LogP contribution >= 0.6 is 0 Å². The molecule has 1 atom stereocenters. The first-order chi connectivity index (χ1) is 12.5. The minimum atomic E-state index is -0.570. The fourth-order valence-corrected chi connectivity index (χ4v) is 3.65. The lowest BCUT2D eigenvalue weighted by Gasteiger charge is -2.38. The minimum Gasteiger partial charge on any atom is -0.439 e. The molecule has 0 aliphatic carbocycles. The largest absolute Gasteiger partial charge is 0.439 e. The fraction of sp³-hybridized carbons (Fsp3) is 0.471. The molecule has 2 amide bonds. The summed E-state index contributed by atoms with van der Waals surface area (Å²) in [6.07, 6.45) is 2.85. The molecule has 2 aliphatic rings. The molecule has 0 saturated carbocycles. The van der Waals surface area contributed by atoms with Gasteiger partial charge < -0.3 is 14.5 Å². The van der Waals surface area contributed by atoms with Crippen LogP contribution in [-0.2, 0) is 11.3 Å². The molecule has 2 aromatic rings. The predicted octanol–water partition coefficient (Wildman–Crippen LogP) is 0.778. The van der Waals surface area contributed by atoms with Gasteiger partial charge in [0.25, 0.3) is 5.91 Å². The number of aromatic nitrogens is 4. The molecule has 0 N–H and O–H groups in total. The third kappa shape index (κ3) is 3.12. The lowest BCUT2D eigenvalue weighted by atomic mass is 9.92. The van der Waals surface area contributed by atoms with Gasteiger partial charge in [-0.15, -0.1) is 5.10 Å². The summed E-state index contributed by atoms with van der Waals surface area (Å²) >= 11 is 0. The maximum Gasteiger partial charge on any atom is 0.410 e. The van der Waals surface area contributed by atoms with Crippen LogP contribution in [0.2, 0.25) is 0 Å². The SMILES string of the molecule is CN1C[C@]2(CCCN(C(=O)c3ccc(Cn4cnnn4)cc3)C2)OC1=O. The topological polar surface area (TPSA) is 93.5 Å². The first kappa shape index (κ1) is 16.5. The number of piperidine rings is 1. The van der Waals surface area contributed by atoms with E-state index in [4.69, 9.17) is 4.74 Å². The molecule has 26 heavy (non-hydrogen) atoms. The molecular formula is C17H20N6O3. The number of carbonyl (C=O) groups excluding carboxylic acids is 2. The third-order valence-electron chi connectivity index (χ3n) is 4.90. The van der Waals surface area contributed by atoms with Gasteiger partial charge in [0.15, 0.2) is 0 Å². The second-order valence-corrected chi connectivity index (χ2v) is 6.94. The van der Waals surface area contributed by atoms with Crippen LogP contribution < -0.4 is 0 Å². The Bertz CT molecular complexity index is 806. The number of carbonyl (C=O) groups is 2. The van der Waals surface area contributed by atoms with Crippen LogP contribution in [0.15, 0.2) is 30.6 Å². The van der Waals surface area contributed by atoms with Crippen molar-refractivity contribution in [1.29, 1.82) is 0 Å². The van der Waals surface area contributed by atoms with Crippen molar-refractivity contribution >= 4 is 12.0 Å². The molecule has 1 aromatic heterocycles. The monoisotopic (exact) mass is 356 g/mol. The predicted molar refractivity (Wildman–Crippen MR) is 90.3 cm³/mol. The van der Waals surface area contributed by atoms with E-state index in [0.717, 1.165) is 18.4 Å². The molecule has 2 aliphatic heterocycles. The molecule has 0 bridgehead atoms. The van der Waals surface area contributed by atoms with Crippen LogP contribution in [0.4, 0.5) is 4.79 Å². The summed E-state index contributed by atoms with van der Waals surface area (Å²) in [4.78, 5) is 28.0. The summed E-state index contributed by atoms with van der Waals surface area (Å²) in [5.41, 5.74) is 1.07. The minimum absolute atomic E-state index is 0.0383. The number of likely N-dealkylation sites (N-methyl/N-ethyl adjacent to an activating group) is 1. The van der Waals surface area contributed by atoms with Crippen LogP contribution in [0.25, 0.3) is 0 Å². The quantitative estimate of drug-likeness (QED) is 0.807. The number of ether oxygens (including phenoxy) is 1. The van der Waals surface area contributed by atoms with Crippen LogP contribution in [0.5, 0.6) is 0 Å². The highest BCUT2D eigenvalue weighted by molar-refractivity contribution is 5.94. The summed E-state index contributed by atoms with van der Waals surface area (Å²) in [6.45, 7) is 2.19. The molecule has 2 saturated heterocycles. The lowest BCUT2D eigenvalue weighted by molar-refractivity contribution is -0.00521. The van der Waals surface area contributed by atoms with E-state index < -0.39 is 5.60 Å². The van der Waals surface area contributed by atoms with Gasteiger partial charge in [0, 0.05) is 19.2 Å². The average Bonchev–Trinajstić information content (AvgIpc) is 3.23. The zero-order valence-electron chi connectivity index (χ0n) is 14.5. The Morgan fingerprint density at radius 1 is 1.27 bits per heavy atom. The van der Waals surface area contributed by atoms with Crippen molar-refractivity contribution in [2.24, 2.45) is 0 Å². The number of amides is 2. The Kier molecular flexibility index (Phi) is 4.06. The second kappa shape index (κ2) is 6.40. The first-order valence-electron chi connectivity index (χ1n) is 8.58. The summed E-state index contributed by atoms with van der Waals surface area (Å²) in [5.74, 6) is -0.0383. The van der Waals surface area contributed by atoms with Crippen molar-refractivity contribution in [2.45, 2.75) is 25.0 Å². The molecule has 3 heterocycles. The van der Waals surface area contributed by atoms with Gasteiger partial charge in [0.2, 0.25) is 0 Å². The van der Waals surface area contributed by atoms with Gasteiger partial charge in [-0.1, -0.05) is 12.1 Å². The molecular weight excluding hydrogens is 336 g/mol. The van der Waals surface area contributed by atoms with Gasteiger partial charge in [-0.2, -0.15) is 0 Å². The van der Waals surface area contributed by atoms with E-state index in [9.17, 15) is 9.59 Å². The molecule has 2 fully saturated rings. The highest BCUT2D eigenvalue weighted by atomic mass is 16.6. The summed E-state index contributed by atoms with van der Waals surface area (Å²) in [5, 5.41) is 11.0. The molecule has 9 nitrogen and oxygen atoms in total. The second-order valence-electron chi connectivity index (χ2n) is 6.94. The van der Waals surface area contributed by atoms with Crippen LogP contribution in [-0.4, -0.2) is 74.3 Å². The zero-order valence-corrected chi connectivity index (χ0v) is 14.5. The first-order valence-corrected chi connectivity index (χ1v) is 8.58. The standard InChI is InChI=1S/C17H20N6O3/c1-21-10-17(26-16(21)25)7-2-8-22(11-17)15(24)14-5-3-13(4-6-14)9-23-12-18-19-20-23/h3-6,12H,2,7-11H2,1H3/t17-/m0/s1. The molecule has 136 valence electrons. The summed E-state index contributed by atoms with van der Waals surface area (Å²) in [6, 6.07) is 7.43. The zero-order chi connectivity index (χ0) is 18.1. The highest BCUT2D eigenvalue weighted by Gasteiger charge is 2.47. The number of benzene rings is 1. The number of nitrogens with zero attached hydrogens (tertiary/aromatic N) is 6. The summed E-state index contributed by atoms with van der Waals surface area (Å²) in [7, 11) is 1.72. The van der Waals surface area contributed by atoms with Crippen LogP contribution in [0.1, 0.15) is 28.8 Å². The number of tetrazole rings is 1. The van der Waals surface area contributed by atoms with Crippen molar-refractivity contribution in [2.75, 3.05) is 26.7 Å². The average molecular weight is 356 g/mol. The van der Waals surface area contributed by atoms with Crippen molar-refractivity contribution in [1.82, 2.24) is 30.0 Å². The molecule has 1 spiro atoms. The van der Waals surface area contributed by atoms with Crippen LogP contribution in [0, 0.1) is 0 Å². The highest BCUT2D eigenvalue weighted by Crippen LogP contribution is 2.32. The Hall–Kier alpha value is -2.97. The number of rotatable bonds is 3.